The monoisotopic (exact) mass is 456 g/mol. The molecule has 0 aromatic heterocycles. The number of carbonyl (C=O) groups is 3. The van der Waals surface area contributed by atoms with Gasteiger partial charge in [0.1, 0.15) is 24.4 Å². The van der Waals surface area contributed by atoms with Crippen LogP contribution in [-0.4, -0.2) is 44.3 Å². The highest BCUT2D eigenvalue weighted by molar-refractivity contribution is 5.89. The molecule has 8 nitrogen and oxygen atoms in total. The quantitative estimate of drug-likeness (QED) is 0.503. The van der Waals surface area contributed by atoms with Gasteiger partial charge in [0.15, 0.2) is 0 Å². The number of carbonyl (C=O) groups excluding carboxylic acids is 3. The molecule has 0 unspecified atom stereocenters. The molecule has 33 heavy (non-hydrogen) atoms. The third-order valence-electron chi connectivity index (χ3n) is 4.93. The van der Waals surface area contributed by atoms with Crippen molar-refractivity contribution < 1.29 is 28.6 Å². The molecule has 0 spiro atoms. The predicted molar refractivity (Wildman–Crippen MR) is 124 cm³/mol. The van der Waals surface area contributed by atoms with E-state index in [1.807, 2.05) is 44.2 Å². The molecule has 2 rings (SSSR count). The molecule has 0 saturated carbocycles. The van der Waals surface area contributed by atoms with Crippen LogP contribution in [0, 0.1) is 5.92 Å². The first-order valence-corrected chi connectivity index (χ1v) is 10.8. The van der Waals surface area contributed by atoms with Crippen molar-refractivity contribution in [3.05, 3.63) is 65.7 Å². The Kier molecular flexibility index (Phi) is 10.2. The average molecular weight is 457 g/mol. The van der Waals surface area contributed by atoms with Gasteiger partial charge in [0.25, 0.3) is 0 Å². The van der Waals surface area contributed by atoms with E-state index < -0.39 is 30.1 Å². The first-order valence-electron chi connectivity index (χ1n) is 10.8. The number of hydrogen-bond acceptors (Lipinski definition) is 6. The Morgan fingerprint density at radius 1 is 0.848 bits per heavy atom. The van der Waals surface area contributed by atoms with Crippen molar-refractivity contribution in [3.63, 3.8) is 0 Å². The molecular weight excluding hydrogens is 424 g/mol. The van der Waals surface area contributed by atoms with E-state index in [0.29, 0.717) is 12.2 Å². The van der Waals surface area contributed by atoms with Crippen LogP contribution < -0.4 is 15.4 Å². The molecular formula is C25H32N2O6. The van der Waals surface area contributed by atoms with Crippen LogP contribution in [-0.2, 0) is 32.1 Å². The van der Waals surface area contributed by atoms with Crippen LogP contribution in [0.5, 0.6) is 5.75 Å². The fraction of sp³-hybridized carbons (Fsp3) is 0.400. The van der Waals surface area contributed by atoms with Gasteiger partial charge in [-0.2, -0.15) is 0 Å². The topological polar surface area (TPSA) is 103 Å². The minimum absolute atomic E-state index is 0.0354. The van der Waals surface area contributed by atoms with Gasteiger partial charge >= 0.3 is 12.1 Å². The van der Waals surface area contributed by atoms with E-state index in [0.717, 1.165) is 11.1 Å². The van der Waals surface area contributed by atoms with E-state index in [4.69, 9.17) is 14.2 Å². The second kappa shape index (κ2) is 13.1. The molecule has 2 amide bonds. The van der Waals surface area contributed by atoms with E-state index >= 15 is 0 Å². The van der Waals surface area contributed by atoms with Gasteiger partial charge in [0.2, 0.25) is 5.91 Å². The zero-order valence-corrected chi connectivity index (χ0v) is 19.5. The van der Waals surface area contributed by atoms with E-state index in [2.05, 4.69) is 10.6 Å². The number of ether oxygens (including phenoxy) is 3. The number of hydrogen-bond donors (Lipinski definition) is 2. The van der Waals surface area contributed by atoms with Crippen LogP contribution in [0.25, 0.3) is 0 Å². The molecule has 0 fully saturated rings. The van der Waals surface area contributed by atoms with Gasteiger partial charge in [-0.15, -0.1) is 0 Å². The molecule has 2 atom stereocenters. The lowest BCUT2D eigenvalue weighted by atomic mass is 10.0. The predicted octanol–water partition coefficient (Wildman–Crippen LogP) is 3.24. The number of rotatable bonds is 11. The van der Waals surface area contributed by atoms with Crippen LogP contribution in [0.15, 0.2) is 54.6 Å². The summed E-state index contributed by atoms with van der Waals surface area (Å²) in [5.41, 5.74) is 1.63. The minimum atomic E-state index is -0.935. The normalized spacial score (nSPS) is 12.4. The van der Waals surface area contributed by atoms with Gasteiger partial charge in [-0.3, -0.25) is 4.79 Å². The second-order valence-electron chi connectivity index (χ2n) is 8.02. The van der Waals surface area contributed by atoms with E-state index in [-0.39, 0.29) is 18.9 Å². The van der Waals surface area contributed by atoms with Gasteiger partial charge in [-0.05, 0) is 35.6 Å². The Hall–Kier alpha value is -3.55. The summed E-state index contributed by atoms with van der Waals surface area (Å²) >= 11 is 0. The van der Waals surface area contributed by atoms with Gasteiger partial charge in [-0.25, -0.2) is 9.59 Å². The molecule has 0 bridgehead atoms. The third-order valence-corrected chi connectivity index (χ3v) is 4.93. The summed E-state index contributed by atoms with van der Waals surface area (Å²) in [6.45, 7) is 3.92. The smallest absolute Gasteiger partial charge is 0.408 e. The number of alkyl carbamates (subject to hydrolysis) is 1. The van der Waals surface area contributed by atoms with E-state index in [9.17, 15) is 14.4 Å². The lowest BCUT2D eigenvalue weighted by molar-refractivity contribution is -0.145. The Morgan fingerprint density at radius 3 is 2.09 bits per heavy atom. The van der Waals surface area contributed by atoms with Gasteiger partial charge in [0.05, 0.1) is 14.2 Å². The van der Waals surface area contributed by atoms with Crippen molar-refractivity contribution in [1.29, 1.82) is 0 Å². The maximum absolute atomic E-state index is 13.0. The zero-order valence-electron chi connectivity index (χ0n) is 19.5. The summed E-state index contributed by atoms with van der Waals surface area (Å²) in [5.74, 6) is -0.164. The number of methoxy groups -OCH3 is 2. The summed E-state index contributed by atoms with van der Waals surface area (Å²) in [6, 6.07) is 14.6. The van der Waals surface area contributed by atoms with E-state index in [1.165, 1.54) is 7.11 Å². The summed E-state index contributed by atoms with van der Waals surface area (Å²) in [5, 5.41) is 5.34. The molecule has 0 saturated heterocycles. The van der Waals surface area contributed by atoms with E-state index in [1.54, 1.807) is 31.4 Å². The molecule has 0 radical (unpaired) electrons. The second-order valence-corrected chi connectivity index (χ2v) is 8.02. The van der Waals surface area contributed by atoms with Gasteiger partial charge in [-0.1, -0.05) is 56.3 Å². The summed E-state index contributed by atoms with van der Waals surface area (Å²) in [4.78, 5) is 37.6. The van der Waals surface area contributed by atoms with Gasteiger partial charge < -0.3 is 24.8 Å². The van der Waals surface area contributed by atoms with Crippen LogP contribution in [0.3, 0.4) is 0 Å². The number of benzene rings is 2. The largest absolute Gasteiger partial charge is 0.497 e. The highest BCUT2D eigenvalue weighted by atomic mass is 16.5. The SMILES string of the molecule is COC(=O)[C@@H](CC(C)C)NC(=O)[C@H](Cc1ccccc1)NC(=O)OCc1ccc(OC)cc1. The zero-order chi connectivity index (χ0) is 24.2. The summed E-state index contributed by atoms with van der Waals surface area (Å²) < 4.78 is 15.2. The van der Waals surface area contributed by atoms with Crippen LogP contribution >= 0.6 is 0 Å². The Labute approximate surface area is 194 Å². The molecule has 0 heterocycles. The Balaban J connectivity index is 2.07. The molecule has 2 aromatic carbocycles. The van der Waals surface area contributed by atoms with Crippen molar-refractivity contribution in [2.45, 2.75) is 45.4 Å². The van der Waals surface area contributed by atoms with Crippen molar-refractivity contribution in [2.75, 3.05) is 14.2 Å². The Bertz CT molecular complexity index is 899. The highest BCUT2D eigenvalue weighted by Gasteiger charge is 2.28. The van der Waals surface area contributed by atoms with Crippen molar-refractivity contribution in [2.24, 2.45) is 5.92 Å². The first kappa shape index (κ1) is 25.7. The van der Waals surface area contributed by atoms with Crippen molar-refractivity contribution in [1.82, 2.24) is 10.6 Å². The molecule has 0 aliphatic rings. The Morgan fingerprint density at radius 2 is 1.52 bits per heavy atom. The fourth-order valence-electron chi connectivity index (χ4n) is 3.21. The first-order chi connectivity index (χ1) is 15.8. The van der Waals surface area contributed by atoms with Gasteiger partial charge in [0, 0.05) is 6.42 Å². The van der Waals surface area contributed by atoms with Crippen LogP contribution in [0.1, 0.15) is 31.4 Å². The molecule has 2 aromatic rings. The summed E-state index contributed by atoms with van der Waals surface area (Å²) in [6.07, 6.45) is -0.0847. The van der Waals surface area contributed by atoms with Crippen molar-refractivity contribution >= 4 is 18.0 Å². The maximum Gasteiger partial charge on any atom is 0.408 e. The standard InChI is InChI=1S/C25H32N2O6/c1-17(2)14-22(24(29)32-4)26-23(28)21(15-18-8-6-5-7-9-18)27-25(30)33-16-19-10-12-20(31-3)13-11-19/h5-13,17,21-22H,14-16H2,1-4H3,(H,26,28)(H,27,30)/t21-,22+/m0/s1. The summed E-state index contributed by atoms with van der Waals surface area (Å²) in [7, 11) is 2.85. The lowest BCUT2D eigenvalue weighted by Gasteiger charge is -2.23. The average Bonchev–Trinajstić information content (AvgIpc) is 2.82. The number of amides is 2. The lowest BCUT2D eigenvalue weighted by Crippen LogP contribution is -2.53. The van der Waals surface area contributed by atoms with Crippen LogP contribution in [0.4, 0.5) is 4.79 Å². The molecule has 2 N–H and O–H groups in total. The molecule has 8 heteroatoms. The van der Waals surface area contributed by atoms with Crippen molar-refractivity contribution in [3.8, 4) is 5.75 Å². The molecule has 178 valence electrons. The molecule has 0 aliphatic carbocycles. The number of nitrogens with one attached hydrogen (secondary N) is 2. The maximum atomic E-state index is 13.0. The fourth-order valence-corrected chi connectivity index (χ4v) is 3.21. The molecule has 0 aliphatic heterocycles. The third kappa shape index (κ3) is 8.84. The minimum Gasteiger partial charge on any atom is -0.497 e. The van der Waals surface area contributed by atoms with Crippen LogP contribution in [0.2, 0.25) is 0 Å². The number of esters is 1. The highest BCUT2D eigenvalue weighted by Crippen LogP contribution is 2.12.